The summed E-state index contributed by atoms with van der Waals surface area (Å²) in [4.78, 5) is 4.15. The zero-order valence-electron chi connectivity index (χ0n) is 7.71. The van der Waals surface area contributed by atoms with Crippen LogP contribution in [0.5, 0.6) is 5.75 Å². The minimum Gasteiger partial charge on any atom is -0.495 e. The molecule has 2 aromatic heterocycles. The van der Waals surface area contributed by atoms with Gasteiger partial charge in [0.15, 0.2) is 5.82 Å². The van der Waals surface area contributed by atoms with Gasteiger partial charge in [0, 0.05) is 0 Å². The molecule has 0 aliphatic heterocycles. The predicted octanol–water partition coefficient (Wildman–Crippen LogP) is 0.858. The number of pyridine rings is 1. The molecule has 0 fully saturated rings. The van der Waals surface area contributed by atoms with Gasteiger partial charge < -0.3 is 10.5 Å². The van der Waals surface area contributed by atoms with E-state index in [4.69, 9.17) is 10.5 Å². The number of hydrogen-bond acceptors (Lipinski definition) is 4. The van der Waals surface area contributed by atoms with Gasteiger partial charge in [-0.2, -0.15) is 5.10 Å². The summed E-state index contributed by atoms with van der Waals surface area (Å²) in [6.07, 6.45) is 4.91. The van der Waals surface area contributed by atoms with Crippen LogP contribution in [0.1, 0.15) is 0 Å². The summed E-state index contributed by atoms with van der Waals surface area (Å²) in [5.41, 5.74) is 6.15. The average molecular weight is 190 g/mol. The Bertz CT molecular complexity index is 421. The van der Waals surface area contributed by atoms with Gasteiger partial charge >= 0.3 is 0 Å². The third-order valence-electron chi connectivity index (χ3n) is 1.79. The highest BCUT2D eigenvalue weighted by Gasteiger charge is 1.99. The Labute approximate surface area is 81.1 Å². The van der Waals surface area contributed by atoms with Gasteiger partial charge in [-0.25, -0.2) is 9.67 Å². The van der Waals surface area contributed by atoms with Crippen molar-refractivity contribution in [3.8, 4) is 11.6 Å². The van der Waals surface area contributed by atoms with Crippen molar-refractivity contribution in [3.63, 3.8) is 0 Å². The Morgan fingerprint density at radius 3 is 2.71 bits per heavy atom. The summed E-state index contributed by atoms with van der Waals surface area (Å²) < 4.78 is 6.60. The summed E-state index contributed by atoms with van der Waals surface area (Å²) >= 11 is 0. The van der Waals surface area contributed by atoms with E-state index < -0.39 is 0 Å². The van der Waals surface area contributed by atoms with E-state index >= 15 is 0 Å². The normalized spacial score (nSPS) is 10.1. The molecule has 0 saturated heterocycles. The van der Waals surface area contributed by atoms with E-state index in [0.717, 1.165) is 0 Å². The van der Waals surface area contributed by atoms with Crippen LogP contribution in [0.15, 0.2) is 30.7 Å². The summed E-state index contributed by atoms with van der Waals surface area (Å²) in [6.45, 7) is 0. The summed E-state index contributed by atoms with van der Waals surface area (Å²) in [7, 11) is 1.60. The summed E-state index contributed by atoms with van der Waals surface area (Å²) in [5, 5.41) is 4.03. The van der Waals surface area contributed by atoms with Gasteiger partial charge in [0.25, 0.3) is 0 Å². The molecule has 0 spiro atoms. The molecule has 2 aromatic rings. The molecule has 0 amide bonds. The minimum atomic E-state index is 0.614. The third kappa shape index (κ3) is 1.52. The monoisotopic (exact) mass is 190 g/mol. The topological polar surface area (TPSA) is 66.0 Å². The zero-order valence-corrected chi connectivity index (χ0v) is 7.71. The van der Waals surface area contributed by atoms with Crippen molar-refractivity contribution in [2.75, 3.05) is 12.8 Å². The van der Waals surface area contributed by atoms with Crippen LogP contribution < -0.4 is 10.5 Å². The number of aromatic nitrogens is 3. The highest BCUT2D eigenvalue weighted by molar-refractivity contribution is 5.35. The minimum absolute atomic E-state index is 0.614. The van der Waals surface area contributed by atoms with Crippen LogP contribution in [0.2, 0.25) is 0 Å². The van der Waals surface area contributed by atoms with Crippen LogP contribution in [0, 0.1) is 0 Å². The molecule has 14 heavy (non-hydrogen) atoms. The van der Waals surface area contributed by atoms with Crippen LogP contribution >= 0.6 is 0 Å². The lowest BCUT2D eigenvalue weighted by atomic mass is 10.4. The number of ether oxygens (including phenoxy) is 1. The number of methoxy groups -OCH3 is 1. The largest absolute Gasteiger partial charge is 0.495 e. The molecule has 0 atom stereocenters. The van der Waals surface area contributed by atoms with E-state index in [2.05, 4.69) is 10.1 Å². The molecule has 2 rings (SSSR count). The second-order valence-corrected chi connectivity index (χ2v) is 2.77. The zero-order chi connectivity index (χ0) is 9.97. The lowest BCUT2D eigenvalue weighted by Crippen LogP contribution is -1.97. The second-order valence-electron chi connectivity index (χ2n) is 2.77. The lowest BCUT2D eigenvalue weighted by molar-refractivity contribution is 0.412. The van der Waals surface area contributed by atoms with E-state index in [-0.39, 0.29) is 0 Å². The molecule has 2 N–H and O–H groups in total. The standard InChI is InChI=1S/C9H10N4O/c1-14-8-2-3-9(11-5-8)13-6-7(10)4-12-13/h2-6H,10H2,1H3. The highest BCUT2D eigenvalue weighted by atomic mass is 16.5. The molecule has 72 valence electrons. The first-order chi connectivity index (χ1) is 6.79. The number of nitrogen functional groups attached to an aromatic ring is 1. The van der Waals surface area contributed by atoms with Crippen molar-refractivity contribution >= 4 is 5.69 Å². The molecular formula is C9H10N4O. The number of nitrogens with zero attached hydrogens (tertiary/aromatic N) is 3. The smallest absolute Gasteiger partial charge is 0.153 e. The van der Waals surface area contributed by atoms with Crippen molar-refractivity contribution in [1.82, 2.24) is 14.8 Å². The van der Waals surface area contributed by atoms with Crippen molar-refractivity contribution in [3.05, 3.63) is 30.7 Å². The lowest BCUT2D eigenvalue weighted by Gasteiger charge is -2.01. The molecular weight excluding hydrogens is 180 g/mol. The molecule has 0 bridgehead atoms. The third-order valence-corrected chi connectivity index (χ3v) is 1.79. The molecule has 0 aliphatic rings. The first-order valence-corrected chi connectivity index (χ1v) is 4.10. The quantitative estimate of drug-likeness (QED) is 0.762. The second kappa shape index (κ2) is 3.37. The van der Waals surface area contributed by atoms with Crippen LogP contribution in [-0.2, 0) is 0 Å². The molecule has 5 nitrogen and oxygen atoms in total. The van der Waals surface area contributed by atoms with Crippen LogP contribution in [0.3, 0.4) is 0 Å². The molecule has 0 unspecified atom stereocenters. The molecule has 0 saturated carbocycles. The Morgan fingerprint density at radius 1 is 1.36 bits per heavy atom. The fourth-order valence-electron chi connectivity index (χ4n) is 1.09. The summed E-state index contributed by atoms with van der Waals surface area (Å²) in [5.74, 6) is 1.43. The maximum absolute atomic E-state index is 5.54. The Kier molecular flexibility index (Phi) is 2.06. The highest BCUT2D eigenvalue weighted by Crippen LogP contribution is 2.11. The van der Waals surface area contributed by atoms with Gasteiger partial charge in [0.2, 0.25) is 0 Å². The number of nitrogens with two attached hydrogens (primary N) is 1. The van der Waals surface area contributed by atoms with Crippen molar-refractivity contribution < 1.29 is 4.74 Å². The molecule has 0 aromatic carbocycles. The fraction of sp³-hybridized carbons (Fsp3) is 0.111. The number of anilines is 1. The van der Waals surface area contributed by atoms with Crippen LogP contribution in [0.4, 0.5) is 5.69 Å². The van der Waals surface area contributed by atoms with Gasteiger partial charge in [-0.15, -0.1) is 0 Å². The van der Waals surface area contributed by atoms with E-state index in [1.165, 1.54) is 0 Å². The van der Waals surface area contributed by atoms with E-state index in [0.29, 0.717) is 17.3 Å². The molecule has 0 aliphatic carbocycles. The van der Waals surface area contributed by atoms with Gasteiger partial charge in [-0.1, -0.05) is 0 Å². The van der Waals surface area contributed by atoms with Crippen molar-refractivity contribution in [2.45, 2.75) is 0 Å². The average Bonchev–Trinajstić information content (AvgIpc) is 2.65. The van der Waals surface area contributed by atoms with E-state index in [1.54, 1.807) is 30.4 Å². The first-order valence-electron chi connectivity index (χ1n) is 4.10. The molecule has 0 radical (unpaired) electrons. The van der Waals surface area contributed by atoms with Gasteiger partial charge in [0.05, 0.1) is 31.4 Å². The molecule has 2 heterocycles. The number of hydrogen-bond donors (Lipinski definition) is 1. The maximum atomic E-state index is 5.54. The Balaban J connectivity index is 2.33. The molecule has 5 heteroatoms. The summed E-state index contributed by atoms with van der Waals surface area (Å²) in [6, 6.07) is 3.63. The number of rotatable bonds is 2. The first kappa shape index (κ1) is 8.55. The Morgan fingerprint density at radius 2 is 2.21 bits per heavy atom. The maximum Gasteiger partial charge on any atom is 0.153 e. The van der Waals surface area contributed by atoms with Gasteiger partial charge in [-0.05, 0) is 12.1 Å². The van der Waals surface area contributed by atoms with Crippen LogP contribution in [-0.4, -0.2) is 21.9 Å². The van der Waals surface area contributed by atoms with Crippen molar-refractivity contribution in [1.29, 1.82) is 0 Å². The van der Waals surface area contributed by atoms with E-state index in [9.17, 15) is 0 Å². The van der Waals surface area contributed by atoms with Crippen LogP contribution in [0.25, 0.3) is 5.82 Å². The predicted molar refractivity (Wildman–Crippen MR) is 52.3 cm³/mol. The fourth-order valence-corrected chi connectivity index (χ4v) is 1.09. The Hall–Kier alpha value is -2.04. The van der Waals surface area contributed by atoms with Crippen molar-refractivity contribution in [2.24, 2.45) is 0 Å². The van der Waals surface area contributed by atoms with Gasteiger partial charge in [-0.3, -0.25) is 0 Å². The SMILES string of the molecule is COc1ccc(-n2cc(N)cn2)nc1. The van der Waals surface area contributed by atoms with Gasteiger partial charge in [0.1, 0.15) is 5.75 Å². The van der Waals surface area contributed by atoms with E-state index in [1.807, 2.05) is 12.1 Å².